The number of carbonyl (C=O) groups is 1. The van der Waals surface area contributed by atoms with Crippen LogP contribution in [0.25, 0.3) is 5.57 Å². The molecule has 1 aliphatic carbocycles. The summed E-state index contributed by atoms with van der Waals surface area (Å²) in [7, 11) is 0. The van der Waals surface area contributed by atoms with E-state index in [0.717, 1.165) is 36.5 Å². The molecule has 1 amide bonds. The zero-order valence-electron chi connectivity index (χ0n) is 13.7. The van der Waals surface area contributed by atoms with E-state index in [1.807, 2.05) is 17.0 Å². The maximum Gasteiger partial charge on any atom is 0.276 e. The lowest BCUT2D eigenvalue weighted by molar-refractivity contribution is 0.0768. The van der Waals surface area contributed by atoms with Crippen LogP contribution >= 0.6 is 0 Å². The maximum absolute atomic E-state index is 12.8. The van der Waals surface area contributed by atoms with E-state index in [1.54, 1.807) is 6.26 Å². The Labute approximate surface area is 141 Å². The fraction of sp³-hybridized carbons (Fsp3) is 0.474. The van der Waals surface area contributed by atoms with Crippen LogP contribution in [0.1, 0.15) is 66.6 Å². The zero-order valence-corrected chi connectivity index (χ0v) is 13.7. The monoisotopic (exact) mass is 326 g/mol. The Balaban J connectivity index is 1.46. The summed E-state index contributed by atoms with van der Waals surface area (Å²) in [5, 5.41) is 0. The Morgan fingerprint density at radius 1 is 1.21 bits per heavy atom. The summed E-state index contributed by atoms with van der Waals surface area (Å²) in [6.45, 7) is 1.26. The molecule has 0 radical (unpaired) electrons. The van der Waals surface area contributed by atoms with Crippen LogP contribution in [0.5, 0.6) is 0 Å². The molecule has 2 aliphatic rings. The van der Waals surface area contributed by atoms with Crippen molar-refractivity contribution in [3.05, 3.63) is 48.1 Å². The van der Waals surface area contributed by atoms with Crippen molar-refractivity contribution in [2.45, 2.75) is 44.4 Å². The third-order valence-corrected chi connectivity index (χ3v) is 4.97. The van der Waals surface area contributed by atoms with Crippen molar-refractivity contribution in [1.29, 1.82) is 0 Å². The summed E-state index contributed by atoms with van der Waals surface area (Å²) in [6, 6.07) is 3.79. The molecule has 0 atom stereocenters. The highest BCUT2D eigenvalue weighted by atomic mass is 16.3. The lowest BCUT2D eigenvalue weighted by Crippen LogP contribution is -2.35. The Morgan fingerprint density at radius 2 is 2.08 bits per heavy atom. The van der Waals surface area contributed by atoms with Gasteiger partial charge in [0.05, 0.1) is 6.26 Å². The first-order valence-electron chi connectivity index (χ1n) is 8.79. The molecule has 5 nitrogen and oxygen atoms in total. The van der Waals surface area contributed by atoms with Gasteiger partial charge in [-0.25, -0.2) is 4.98 Å². The van der Waals surface area contributed by atoms with Crippen LogP contribution in [0.3, 0.4) is 0 Å². The molecule has 3 heterocycles. The number of rotatable bonds is 3. The van der Waals surface area contributed by atoms with Crippen molar-refractivity contribution in [3.63, 3.8) is 0 Å². The van der Waals surface area contributed by atoms with Crippen LogP contribution < -0.4 is 0 Å². The van der Waals surface area contributed by atoms with Crippen molar-refractivity contribution in [2.75, 3.05) is 13.1 Å². The van der Waals surface area contributed by atoms with E-state index in [4.69, 9.17) is 8.83 Å². The number of oxazole rings is 1. The van der Waals surface area contributed by atoms with E-state index in [2.05, 4.69) is 11.1 Å². The topological polar surface area (TPSA) is 59.5 Å². The van der Waals surface area contributed by atoms with Crippen molar-refractivity contribution in [1.82, 2.24) is 9.88 Å². The normalized spacial score (nSPS) is 19.3. The number of nitrogens with zero attached hydrogens (tertiary/aromatic N) is 2. The van der Waals surface area contributed by atoms with Gasteiger partial charge in [-0.3, -0.25) is 4.79 Å². The van der Waals surface area contributed by atoms with E-state index >= 15 is 0 Å². The molecule has 0 spiro atoms. The molecule has 0 N–H and O–H groups in total. The van der Waals surface area contributed by atoms with Crippen LogP contribution in [-0.4, -0.2) is 28.9 Å². The molecule has 0 saturated heterocycles. The van der Waals surface area contributed by atoms with E-state index in [9.17, 15) is 4.79 Å². The average molecular weight is 326 g/mol. The number of aromatic nitrogens is 1. The zero-order chi connectivity index (χ0) is 16.4. The summed E-state index contributed by atoms with van der Waals surface area (Å²) >= 11 is 0. The summed E-state index contributed by atoms with van der Waals surface area (Å²) < 4.78 is 11.1. The molecule has 0 unspecified atom stereocenters. The third kappa shape index (κ3) is 3.03. The van der Waals surface area contributed by atoms with Crippen LogP contribution in [0.4, 0.5) is 0 Å². The molecule has 5 heteroatoms. The molecule has 1 aliphatic heterocycles. The first-order valence-corrected chi connectivity index (χ1v) is 8.79. The number of hydrogen-bond donors (Lipinski definition) is 0. The van der Waals surface area contributed by atoms with Gasteiger partial charge in [-0.1, -0.05) is 25.3 Å². The van der Waals surface area contributed by atoms with Gasteiger partial charge in [0.25, 0.3) is 5.91 Å². The number of amides is 1. The second-order valence-corrected chi connectivity index (χ2v) is 6.63. The molecule has 1 saturated carbocycles. The number of furan rings is 1. The Kier molecular flexibility index (Phi) is 4.24. The molecule has 0 aromatic carbocycles. The Morgan fingerprint density at radius 3 is 2.88 bits per heavy atom. The van der Waals surface area contributed by atoms with Gasteiger partial charge in [0.2, 0.25) is 0 Å². The fourth-order valence-corrected chi connectivity index (χ4v) is 3.64. The molecule has 24 heavy (non-hydrogen) atoms. The van der Waals surface area contributed by atoms with Gasteiger partial charge in [0.1, 0.15) is 12.0 Å². The molecular weight excluding hydrogens is 304 g/mol. The third-order valence-electron chi connectivity index (χ3n) is 4.97. The minimum absolute atomic E-state index is 0.0574. The standard InChI is InChI=1S/C19H22N2O3/c22-19(16-13-24-18(20-16)14-6-2-1-3-7-14)21-10-4-8-15(12-21)17-9-5-11-23-17/h5,8-9,11,13-14H,1-4,6-7,10,12H2. The first kappa shape index (κ1) is 15.2. The van der Waals surface area contributed by atoms with E-state index in [1.165, 1.54) is 25.5 Å². The lowest BCUT2D eigenvalue weighted by atomic mass is 9.89. The second kappa shape index (κ2) is 6.67. The Hall–Kier alpha value is -2.30. The van der Waals surface area contributed by atoms with Gasteiger partial charge in [0.15, 0.2) is 11.6 Å². The second-order valence-electron chi connectivity index (χ2n) is 6.63. The minimum Gasteiger partial charge on any atom is -0.465 e. The van der Waals surface area contributed by atoms with Crippen LogP contribution in [0.2, 0.25) is 0 Å². The van der Waals surface area contributed by atoms with Crippen molar-refractivity contribution in [3.8, 4) is 0 Å². The summed E-state index contributed by atoms with van der Waals surface area (Å²) in [6.07, 6.45) is 12.1. The molecule has 2 aromatic heterocycles. The van der Waals surface area contributed by atoms with E-state index in [-0.39, 0.29) is 5.91 Å². The molecule has 2 aromatic rings. The van der Waals surface area contributed by atoms with Gasteiger partial charge in [-0.05, 0) is 31.4 Å². The highest BCUT2D eigenvalue weighted by Crippen LogP contribution is 2.32. The SMILES string of the molecule is O=C(c1coc(C2CCCCC2)n1)N1CCC=C(c2ccco2)C1. The van der Waals surface area contributed by atoms with Crippen molar-refractivity contribution in [2.24, 2.45) is 0 Å². The quantitative estimate of drug-likeness (QED) is 0.846. The Bertz CT molecular complexity index is 724. The van der Waals surface area contributed by atoms with Crippen molar-refractivity contribution < 1.29 is 13.6 Å². The molecule has 1 fully saturated rings. The highest BCUT2D eigenvalue weighted by Gasteiger charge is 2.26. The van der Waals surface area contributed by atoms with Gasteiger partial charge in [0, 0.05) is 24.6 Å². The van der Waals surface area contributed by atoms with Crippen LogP contribution in [0.15, 0.2) is 39.6 Å². The summed E-state index contributed by atoms with van der Waals surface area (Å²) in [5.41, 5.74) is 1.48. The molecule has 4 rings (SSSR count). The van der Waals surface area contributed by atoms with Gasteiger partial charge < -0.3 is 13.7 Å². The predicted octanol–water partition coefficient (Wildman–Crippen LogP) is 4.24. The van der Waals surface area contributed by atoms with Crippen LogP contribution in [0, 0.1) is 0 Å². The smallest absolute Gasteiger partial charge is 0.276 e. The molecule has 126 valence electrons. The van der Waals surface area contributed by atoms with Gasteiger partial charge >= 0.3 is 0 Å². The van der Waals surface area contributed by atoms with Gasteiger partial charge in [-0.15, -0.1) is 0 Å². The van der Waals surface area contributed by atoms with Crippen LogP contribution in [-0.2, 0) is 0 Å². The predicted molar refractivity (Wildman–Crippen MR) is 89.5 cm³/mol. The van der Waals surface area contributed by atoms with E-state index in [0.29, 0.717) is 24.7 Å². The largest absolute Gasteiger partial charge is 0.465 e. The minimum atomic E-state index is -0.0574. The number of carbonyl (C=O) groups excluding carboxylic acids is 1. The number of hydrogen-bond acceptors (Lipinski definition) is 4. The molecule has 0 bridgehead atoms. The fourth-order valence-electron chi connectivity index (χ4n) is 3.64. The van der Waals surface area contributed by atoms with Crippen molar-refractivity contribution >= 4 is 11.5 Å². The summed E-state index contributed by atoms with van der Waals surface area (Å²) in [4.78, 5) is 19.1. The average Bonchev–Trinajstić information content (AvgIpc) is 3.34. The summed E-state index contributed by atoms with van der Waals surface area (Å²) in [5.74, 6) is 1.88. The lowest BCUT2D eigenvalue weighted by Gasteiger charge is -2.25. The molecular formula is C19H22N2O3. The first-order chi connectivity index (χ1) is 11.8. The maximum atomic E-state index is 12.8. The van der Waals surface area contributed by atoms with Gasteiger partial charge in [-0.2, -0.15) is 0 Å². The highest BCUT2D eigenvalue weighted by molar-refractivity contribution is 5.93. The van der Waals surface area contributed by atoms with E-state index < -0.39 is 0 Å².